The molecule has 0 bridgehead atoms. The Morgan fingerprint density at radius 2 is 1.88 bits per heavy atom. The lowest BCUT2D eigenvalue weighted by molar-refractivity contribution is 0.0736. The second-order valence-electron chi connectivity index (χ2n) is 8.07. The molecular formula is C27H26N4O2. The van der Waals surface area contributed by atoms with Gasteiger partial charge in [0.05, 0.1) is 23.9 Å². The molecule has 1 aliphatic heterocycles. The summed E-state index contributed by atoms with van der Waals surface area (Å²) in [6.07, 6.45) is 7.23. The number of benzene rings is 2. The summed E-state index contributed by atoms with van der Waals surface area (Å²) in [4.78, 5) is 20.1. The van der Waals surface area contributed by atoms with E-state index in [1.807, 2.05) is 72.6 Å². The molecule has 1 fully saturated rings. The van der Waals surface area contributed by atoms with Crippen molar-refractivity contribution in [2.75, 3.05) is 13.2 Å². The predicted molar refractivity (Wildman–Crippen MR) is 127 cm³/mol. The first-order valence-corrected chi connectivity index (χ1v) is 11.3. The highest BCUT2D eigenvalue weighted by Crippen LogP contribution is 2.35. The number of rotatable bonds is 6. The number of likely N-dealkylation sites (tertiary alicyclic amines) is 1. The SMILES string of the molecule is CCOc1ccc([C@@H]2CCCN2C(=O)c2cn(-c3ccccc3)nc2-c2cccnc2)cc1. The Balaban J connectivity index is 1.51. The first kappa shape index (κ1) is 20.9. The van der Waals surface area contributed by atoms with Gasteiger partial charge in [0.1, 0.15) is 11.4 Å². The number of amides is 1. The van der Waals surface area contributed by atoms with E-state index in [4.69, 9.17) is 9.84 Å². The highest BCUT2D eigenvalue weighted by molar-refractivity contribution is 6.00. The van der Waals surface area contributed by atoms with Crippen LogP contribution in [-0.4, -0.2) is 38.7 Å². The minimum Gasteiger partial charge on any atom is -0.494 e. The zero-order valence-electron chi connectivity index (χ0n) is 18.6. The molecule has 0 aliphatic carbocycles. The second kappa shape index (κ2) is 9.28. The first-order valence-electron chi connectivity index (χ1n) is 11.3. The minimum atomic E-state index is -0.00702. The van der Waals surface area contributed by atoms with Crippen molar-refractivity contribution in [1.82, 2.24) is 19.7 Å². The van der Waals surface area contributed by atoms with Crippen molar-refractivity contribution in [1.29, 1.82) is 0 Å². The van der Waals surface area contributed by atoms with Crippen LogP contribution in [0.15, 0.2) is 85.3 Å². The number of aromatic nitrogens is 3. The second-order valence-corrected chi connectivity index (χ2v) is 8.07. The highest BCUT2D eigenvalue weighted by atomic mass is 16.5. The zero-order valence-corrected chi connectivity index (χ0v) is 18.6. The Morgan fingerprint density at radius 3 is 2.61 bits per heavy atom. The number of hydrogen-bond acceptors (Lipinski definition) is 4. The third-order valence-corrected chi connectivity index (χ3v) is 5.99. The lowest BCUT2D eigenvalue weighted by atomic mass is 10.0. The van der Waals surface area contributed by atoms with Crippen LogP contribution in [0, 0.1) is 0 Å². The van der Waals surface area contributed by atoms with Crippen LogP contribution >= 0.6 is 0 Å². The van der Waals surface area contributed by atoms with Crippen LogP contribution in [0.2, 0.25) is 0 Å². The summed E-state index contributed by atoms with van der Waals surface area (Å²) in [6.45, 7) is 3.33. The van der Waals surface area contributed by atoms with E-state index in [-0.39, 0.29) is 11.9 Å². The summed E-state index contributed by atoms with van der Waals surface area (Å²) in [6, 6.07) is 21.8. The van der Waals surface area contributed by atoms with E-state index in [0.29, 0.717) is 17.9 Å². The maximum absolute atomic E-state index is 13.9. The van der Waals surface area contributed by atoms with E-state index >= 15 is 0 Å². The number of carbonyl (C=O) groups is 1. The van der Waals surface area contributed by atoms with Gasteiger partial charge in [-0.1, -0.05) is 30.3 Å². The molecule has 0 radical (unpaired) electrons. The molecule has 2 aromatic carbocycles. The van der Waals surface area contributed by atoms with E-state index in [9.17, 15) is 4.79 Å². The molecular weight excluding hydrogens is 412 g/mol. The number of ether oxygens (including phenoxy) is 1. The van der Waals surface area contributed by atoms with Gasteiger partial charge in [-0.25, -0.2) is 4.68 Å². The van der Waals surface area contributed by atoms with Gasteiger partial charge >= 0.3 is 0 Å². The summed E-state index contributed by atoms with van der Waals surface area (Å²) in [5.41, 5.74) is 4.10. The van der Waals surface area contributed by atoms with Gasteiger partial charge < -0.3 is 9.64 Å². The number of pyridine rings is 1. The molecule has 4 aromatic rings. The maximum atomic E-state index is 13.9. The van der Waals surface area contributed by atoms with Gasteiger partial charge in [0.15, 0.2) is 0 Å². The molecule has 1 saturated heterocycles. The number of para-hydroxylation sites is 1. The Hall–Kier alpha value is -3.93. The molecule has 1 aliphatic rings. The smallest absolute Gasteiger partial charge is 0.258 e. The van der Waals surface area contributed by atoms with Crippen LogP contribution in [0.3, 0.4) is 0 Å². The van der Waals surface area contributed by atoms with Crippen LogP contribution < -0.4 is 4.74 Å². The number of hydrogen-bond donors (Lipinski definition) is 0. The fourth-order valence-corrected chi connectivity index (χ4v) is 4.42. The van der Waals surface area contributed by atoms with Crippen molar-refractivity contribution in [2.24, 2.45) is 0 Å². The largest absolute Gasteiger partial charge is 0.494 e. The van der Waals surface area contributed by atoms with Crippen LogP contribution in [0.5, 0.6) is 5.75 Å². The highest BCUT2D eigenvalue weighted by Gasteiger charge is 2.33. The maximum Gasteiger partial charge on any atom is 0.258 e. The van der Waals surface area contributed by atoms with E-state index < -0.39 is 0 Å². The van der Waals surface area contributed by atoms with Crippen molar-refractivity contribution >= 4 is 5.91 Å². The van der Waals surface area contributed by atoms with Crippen molar-refractivity contribution in [3.8, 4) is 22.7 Å². The molecule has 2 aromatic heterocycles. The summed E-state index contributed by atoms with van der Waals surface area (Å²) in [5, 5.41) is 4.79. The van der Waals surface area contributed by atoms with Crippen LogP contribution in [0.4, 0.5) is 0 Å². The number of carbonyl (C=O) groups excluding carboxylic acids is 1. The lowest BCUT2D eigenvalue weighted by Gasteiger charge is -2.25. The van der Waals surface area contributed by atoms with Crippen molar-refractivity contribution in [3.05, 3.63) is 96.4 Å². The Labute approximate surface area is 193 Å². The lowest BCUT2D eigenvalue weighted by Crippen LogP contribution is -2.30. The van der Waals surface area contributed by atoms with E-state index in [2.05, 4.69) is 17.1 Å². The van der Waals surface area contributed by atoms with Crippen LogP contribution in [0.25, 0.3) is 16.9 Å². The molecule has 3 heterocycles. The molecule has 6 heteroatoms. The van der Waals surface area contributed by atoms with Crippen molar-refractivity contribution < 1.29 is 9.53 Å². The van der Waals surface area contributed by atoms with E-state index in [1.165, 1.54) is 0 Å². The van der Waals surface area contributed by atoms with Gasteiger partial charge in [-0.3, -0.25) is 9.78 Å². The topological polar surface area (TPSA) is 60.2 Å². The van der Waals surface area contributed by atoms with Crippen LogP contribution in [0.1, 0.15) is 41.7 Å². The molecule has 33 heavy (non-hydrogen) atoms. The average Bonchev–Trinajstić information content (AvgIpc) is 3.54. The first-order chi connectivity index (χ1) is 16.2. The van der Waals surface area contributed by atoms with E-state index in [1.54, 1.807) is 17.1 Å². The zero-order chi connectivity index (χ0) is 22.6. The Bertz CT molecular complexity index is 1220. The predicted octanol–water partition coefficient (Wildman–Crippen LogP) is 5.31. The normalized spacial score (nSPS) is 15.5. The molecule has 166 valence electrons. The molecule has 0 spiro atoms. The standard InChI is InChI=1S/C27H26N4O2/c1-2-33-23-14-12-20(13-15-23)25-11-7-17-30(25)27(32)24-19-31(22-9-4-3-5-10-22)29-26(24)21-8-6-16-28-18-21/h3-6,8-10,12-16,18-19,25H,2,7,11,17H2,1H3/t25-/m0/s1. The molecule has 0 N–H and O–H groups in total. The molecule has 1 atom stereocenters. The minimum absolute atomic E-state index is 0.00702. The summed E-state index contributed by atoms with van der Waals surface area (Å²) >= 11 is 0. The third kappa shape index (κ3) is 4.24. The van der Waals surface area contributed by atoms with Gasteiger partial charge in [0.25, 0.3) is 5.91 Å². The van der Waals surface area contributed by atoms with E-state index in [0.717, 1.165) is 42.0 Å². The summed E-state index contributed by atoms with van der Waals surface area (Å²) in [7, 11) is 0. The molecule has 0 unspecified atom stereocenters. The molecule has 1 amide bonds. The fourth-order valence-electron chi connectivity index (χ4n) is 4.42. The molecule has 6 nitrogen and oxygen atoms in total. The number of nitrogens with zero attached hydrogens (tertiary/aromatic N) is 4. The molecule has 5 rings (SSSR count). The average molecular weight is 439 g/mol. The fraction of sp³-hybridized carbons (Fsp3) is 0.222. The van der Waals surface area contributed by atoms with Crippen molar-refractivity contribution in [2.45, 2.75) is 25.8 Å². The Kier molecular flexibility index (Phi) is 5.89. The quantitative estimate of drug-likeness (QED) is 0.409. The monoisotopic (exact) mass is 438 g/mol. The van der Waals surface area contributed by atoms with Crippen LogP contribution in [-0.2, 0) is 0 Å². The van der Waals surface area contributed by atoms with Gasteiger partial charge in [-0.15, -0.1) is 0 Å². The van der Waals surface area contributed by atoms with Gasteiger partial charge in [0, 0.05) is 30.7 Å². The van der Waals surface area contributed by atoms with Gasteiger partial charge in [-0.05, 0) is 61.7 Å². The molecule has 0 saturated carbocycles. The summed E-state index contributed by atoms with van der Waals surface area (Å²) < 4.78 is 7.35. The Morgan fingerprint density at radius 1 is 1.06 bits per heavy atom. The van der Waals surface area contributed by atoms with Gasteiger partial charge in [-0.2, -0.15) is 5.10 Å². The van der Waals surface area contributed by atoms with Crippen molar-refractivity contribution in [3.63, 3.8) is 0 Å². The third-order valence-electron chi connectivity index (χ3n) is 5.99. The van der Waals surface area contributed by atoms with Gasteiger partial charge in [0.2, 0.25) is 0 Å². The summed E-state index contributed by atoms with van der Waals surface area (Å²) in [5.74, 6) is 0.840.